The van der Waals surface area contributed by atoms with Crippen molar-refractivity contribution in [3.05, 3.63) is 11.7 Å². The van der Waals surface area contributed by atoms with Gasteiger partial charge in [0, 0.05) is 27.7 Å². The minimum atomic E-state index is -2.43. The summed E-state index contributed by atoms with van der Waals surface area (Å²) in [6.45, 7) is 2.83. The van der Waals surface area contributed by atoms with E-state index in [1.807, 2.05) is 0 Å². The van der Waals surface area contributed by atoms with Crippen molar-refractivity contribution in [2.45, 2.75) is 46.0 Å². The van der Waals surface area contributed by atoms with Crippen molar-refractivity contribution in [1.82, 2.24) is 0 Å². The normalized spacial score (nSPS) is 26.6. The highest BCUT2D eigenvalue weighted by atomic mass is 19.3. The fourth-order valence-corrected chi connectivity index (χ4v) is 2.78. The van der Waals surface area contributed by atoms with Gasteiger partial charge in [-0.1, -0.05) is 0 Å². The Morgan fingerprint density at radius 2 is 1.48 bits per heavy atom. The van der Waals surface area contributed by atoms with Gasteiger partial charge in [0.1, 0.15) is 6.61 Å². The number of halogens is 2. The lowest BCUT2D eigenvalue weighted by Gasteiger charge is -2.29. The lowest BCUT2D eigenvalue weighted by atomic mass is 9.82. The van der Waals surface area contributed by atoms with E-state index in [9.17, 15) is 33.2 Å². The van der Waals surface area contributed by atoms with Crippen LogP contribution < -0.4 is 0 Å². The maximum absolute atomic E-state index is 13.8. The molecule has 0 N–H and O–H groups in total. The van der Waals surface area contributed by atoms with Crippen LogP contribution in [0.5, 0.6) is 0 Å². The first-order valence-corrected chi connectivity index (χ1v) is 7.58. The number of carbonyl (C=O) groups excluding carboxylic acids is 4. The molecule has 0 aromatic rings. The Bertz CT molecular complexity index is 724. The molecule has 1 saturated carbocycles. The zero-order chi connectivity index (χ0) is 20.9. The highest BCUT2D eigenvalue weighted by Gasteiger charge is 2.66. The van der Waals surface area contributed by atoms with Crippen molar-refractivity contribution in [3.63, 3.8) is 0 Å². The lowest BCUT2D eigenvalue weighted by Crippen LogP contribution is -2.45. The molecule has 0 aromatic heterocycles. The first-order chi connectivity index (χ1) is 12.5. The van der Waals surface area contributed by atoms with Gasteiger partial charge in [-0.05, 0) is 0 Å². The molecule has 0 aromatic carbocycles. The highest BCUT2D eigenvalue weighted by Crippen LogP contribution is 2.49. The molecular formula is C16H17F2NO8. The first-order valence-electron chi connectivity index (χ1n) is 7.58. The minimum absolute atomic E-state index is 0.898. The zero-order valence-electron chi connectivity index (χ0n) is 14.9. The van der Waals surface area contributed by atoms with Crippen molar-refractivity contribution < 1.29 is 46.9 Å². The Morgan fingerprint density at radius 1 is 0.963 bits per heavy atom. The molecule has 0 saturated heterocycles. The predicted octanol–water partition coefficient (Wildman–Crippen LogP) is 1.02. The molecule has 1 aliphatic carbocycles. The first kappa shape index (κ1) is 22.0. The van der Waals surface area contributed by atoms with E-state index >= 15 is 0 Å². The number of nitrogens with zero attached hydrogens (tertiary/aromatic N) is 1. The van der Waals surface area contributed by atoms with Gasteiger partial charge in [-0.25, -0.2) is 0 Å². The van der Waals surface area contributed by atoms with Crippen molar-refractivity contribution in [3.8, 4) is 6.07 Å². The number of rotatable bonds is 5. The fraction of sp³-hybridized carbons (Fsp3) is 0.562. The van der Waals surface area contributed by atoms with Crippen LogP contribution in [-0.4, -0.2) is 48.8 Å². The number of hydrogen-bond donors (Lipinski definition) is 0. The molecule has 9 nitrogen and oxygen atoms in total. The molecule has 4 atom stereocenters. The van der Waals surface area contributed by atoms with Crippen LogP contribution in [0.1, 0.15) is 27.7 Å². The summed E-state index contributed by atoms with van der Waals surface area (Å²) in [6.07, 6.45) is -7.91. The van der Waals surface area contributed by atoms with E-state index in [4.69, 9.17) is 18.9 Å². The summed E-state index contributed by atoms with van der Waals surface area (Å²) in [5, 5.41) is 9.65. The second kappa shape index (κ2) is 8.57. The summed E-state index contributed by atoms with van der Waals surface area (Å²) in [7, 11) is 0. The van der Waals surface area contributed by atoms with Crippen LogP contribution in [0, 0.1) is 16.7 Å². The van der Waals surface area contributed by atoms with Gasteiger partial charge in [-0.2, -0.15) is 14.0 Å². The van der Waals surface area contributed by atoms with E-state index in [0.29, 0.717) is 0 Å². The van der Waals surface area contributed by atoms with Gasteiger partial charge in [0.2, 0.25) is 0 Å². The third-order valence-electron chi connectivity index (χ3n) is 3.64. The van der Waals surface area contributed by atoms with Gasteiger partial charge in [0.25, 0.3) is 6.08 Å². The average molecular weight is 389 g/mol. The third kappa shape index (κ3) is 4.78. The van der Waals surface area contributed by atoms with E-state index in [-0.39, 0.29) is 0 Å². The number of ether oxygens (including phenoxy) is 4. The van der Waals surface area contributed by atoms with Crippen LogP contribution in [0.4, 0.5) is 8.78 Å². The van der Waals surface area contributed by atoms with Crippen molar-refractivity contribution in [2.24, 2.45) is 5.41 Å². The predicted molar refractivity (Wildman–Crippen MR) is 80.6 cm³/mol. The van der Waals surface area contributed by atoms with E-state index in [0.717, 1.165) is 27.7 Å². The van der Waals surface area contributed by atoms with E-state index in [1.165, 1.54) is 0 Å². The van der Waals surface area contributed by atoms with Gasteiger partial charge in [0.15, 0.2) is 23.7 Å². The van der Waals surface area contributed by atoms with Gasteiger partial charge in [0.05, 0.1) is 11.6 Å². The SMILES string of the molecule is CC(=O)OC[C@@]1(C#N)C(=C(F)F)[C@H](OC(C)=O)[C@H](OC(C)=O)[C@@H]1OC(C)=O. The Labute approximate surface area is 152 Å². The second-order valence-corrected chi connectivity index (χ2v) is 5.67. The van der Waals surface area contributed by atoms with Crippen LogP contribution >= 0.6 is 0 Å². The van der Waals surface area contributed by atoms with E-state index in [1.54, 1.807) is 6.07 Å². The molecule has 27 heavy (non-hydrogen) atoms. The average Bonchev–Trinajstić information content (AvgIpc) is 2.74. The molecule has 0 bridgehead atoms. The maximum Gasteiger partial charge on any atom is 0.303 e. The number of esters is 4. The second-order valence-electron chi connectivity index (χ2n) is 5.67. The largest absolute Gasteiger partial charge is 0.464 e. The van der Waals surface area contributed by atoms with Crippen molar-refractivity contribution in [1.29, 1.82) is 5.26 Å². The topological polar surface area (TPSA) is 129 Å². The van der Waals surface area contributed by atoms with E-state index in [2.05, 4.69) is 0 Å². The molecule has 0 aliphatic heterocycles. The standard InChI is InChI=1S/C16H17F2NO8/c1-7(20)24-6-16(5-19)11(15(17)18)12(25-8(2)21)13(26-9(3)22)14(16)27-10(4)23/h12-14H,6H2,1-4H3/t12-,13-,14-,16-/m0/s1. The Morgan fingerprint density at radius 3 is 1.85 bits per heavy atom. The quantitative estimate of drug-likeness (QED) is 0.500. The van der Waals surface area contributed by atoms with Crippen LogP contribution in [0.3, 0.4) is 0 Å². The molecule has 1 fully saturated rings. The maximum atomic E-state index is 13.8. The molecule has 0 spiro atoms. The molecular weight excluding hydrogens is 372 g/mol. The molecule has 148 valence electrons. The summed E-state index contributed by atoms with van der Waals surface area (Å²) in [5.41, 5.74) is -3.50. The van der Waals surface area contributed by atoms with Gasteiger partial charge in [-0.3, -0.25) is 19.2 Å². The summed E-state index contributed by atoms with van der Waals surface area (Å²) < 4.78 is 47.0. The Balaban J connectivity index is 3.69. The van der Waals surface area contributed by atoms with Crippen LogP contribution in [0.2, 0.25) is 0 Å². The zero-order valence-corrected chi connectivity index (χ0v) is 14.9. The van der Waals surface area contributed by atoms with Gasteiger partial charge < -0.3 is 18.9 Å². The molecule has 0 radical (unpaired) electrons. The Hall–Kier alpha value is -3.03. The summed E-state index contributed by atoms with van der Waals surface area (Å²) in [5.74, 6) is -3.86. The summed E-state index contributed by atoms with van der Waals surface area (Å²) in [6, 6.07) is 1.55. The monoisotopic (exact) mass is 389 g/mol. The van der Waals surface area contributed by atoms with Crippen molar-refractivity contribution in [2.75, 3.05) is 6.61 Å². The lowest BCUT2D eigenvalue weighted by molar-refractivity contribution is -0.178. The smallest absolute Gasteiger partial charge is 0.303 e. The molecule has 0 unspecified atom stereocenters. The summed E-state index contributed by atoms with van der Waals surface area (Å²) in [4.78, 5) is 45.5. The van der Waals surface area contributed by atoms with Crippen molar-refractivity contribution >= 4 is 23.9 Å². The van der Waals surface area contributed by atoms with Crippen LogP contribution in [0.15, 0.2) is 11.7 Å². The summed E-state index contributed by atoms with van der Waals surface area (Å²) >= 11 is 0. The van der Waals surface area contributed by atoms with E-state index < -0.39 is 65.9 Å². The molecule has 0 heterocycles. The molecule has 1 rings (SSSR count). The number of hydrogen-bond acceptors (Lipinski definition) is 9. The van der Waals surface area contributed by atoms with Crippen LogP contribution in [-0.2, 0) is 38.1 Å². The minimum Gasteiger partial charge on any atom is -0.464 e. The number of carbonyl (C=O) groups is 4. The molecule has 1 aliphatic rings. The number of nitriles is 1. The van der Waals surface area contributed by atoms with Gasteiger partial charge >= 0.3 is 23.9 Å². The fourth-order valence-electron chi connectivity index (χ4n) is 2.78. The van der Waals surface area contributed by atoms with Crippen LogP contribution in [0.25, 0.3) is 0 Å². The Kier molecular flexibility index (Phi) is 6.99. The highest BCUT2D eigenvalue weighted by molar-refractivity contribution is 5.70. The third-order valence-corrected chi connectivity index (χ3v) is 3.64. The molecule has 0 amide bonds. The molecule has 11 heteroatoms. The van der Waals surface area contributed by atoms with Gasteiger partial charge in [-0.15, -0.1) is 0 Å².